The highest BCUT2D eigenvalue weighted by molar-refractivity contribution is 7.92. The average Bonchev–Trinajstić information content (AvgIpc) is 3.41. The smallest absolute Gasteiger partial charge is 0.323 e. The first-order valence-corrected chi connectivity index (χ1v) is 15.9. The molecule has 0 atom stereocenters. The van der Waals surface area contributed by atoms with E-state index in [1.54, 1.807) is 29.2 Å². The van der Waals surface area contributed by atoms with Crippen molar-refractivity contribution < 1.29 is 18.0 Å². The van der Waals surface area contributed by atoms with Crippen molar-refractivity contribution in [2.75, 3.05) is 29.4 Å². The highest BCUT2D eigenvalue weighted by atomic mass is 32.2. The molecule has 0 unspecified atom stereocenters. The number of hydrogen-bond donors (Lipinski definition) is 3. The Bertz CT molecular complexity index is 1500. The maximum atomic E-state index is 13.4. The summed E-state index contributed by atoms with van der Waals surface area (Å²) in [6, 6.07) is 26.9. The molecule has 214 valence electrons. The number of nitrogens with one attached hydrogen (secondary N) is 2. The van der Waals surface area contributed by atoms with Gasteiger partial charge in [0.05, 0.1) is 11.9 Å². The van der Waals surface area contributed by atoms with Gasteiger partial charge in [-0.15, -0.1) is 11.3 Å². The Morgan fingerprint density at radius 3 is 2.10 bits per heavy atom. The van der Waals surface area contributed by atoms with Gasteiger partial charge in [0.15, 0.2) is 5.13 Å². The van der Waals surface area contributed by atoms with Crippen LogP contribution in [0.1, 0.15) is 36.3 Å². The fourth-order valence-corrected chi connectivity index (χ4v) is 5.77. The summed E-state index contributed by atoms with van der Waals surface area (Å²) in [5.74, 6) is -0.311. The minimum atomic E-state index is -3.37. The molecule has 9 nitrogen and oxygen atoms in total. The predicted octanol–water partition coefficient (Wildman–Crippen LogP) is 5.50. The van der Waals surface area contributed by atoms with Crippen molar-refractivity contribution in [3.63, 3.8) is 0 Å². The van der Waals surface area contributed by atoms with Crippen molar-refractivity contribution in [3.05, 3.63) is 101 Å². The summed E-state index contributed by atoms with van der Waals surface area (Å²) in [6.07, 6.45) is 2.43. The second kappa shape index (κ2) is 13.9. The van der Waals surface area contributed by atoms with Crippen LogP contribution in [0.2, 0.25) is 0 Å². The SMILES string of the molecule is CS(=O)(=O)Nc1ccc(-c2csc(NC(=O)N(CCCC(N)=O)CCC(c3ccccc3)c3ccccc3)n2)cc1. The zero-order valence-electron chi connectivity index (χ0n) is 22.7. The average molecular weight is 592 g/mol. The van der Waals surface area contributed by atoms with E-state index in [1.807, 2.05) is 41.8 Å². The van der Waals surface area contributed by atoms with Crippen molar-refractivity contribution >= 4 is 44.1 Å². The third-order valence-corrected chi connectivity index (χ3v) is 7.80. The van der Waals surface area contributed by atoms with Gasteiger partial charge < -0.3 is 10.6 Å². The molecule has 0 spiro atoms. The van der Waals surface area contributed by atoms with E-state index in [0.29, 0.717) is 42.4 Å². The summed E-state index contributed by atoms with van der Waals surface area (Å²) in [4.78, 5) is 31.0. The minimum Gasteiger partial charge on any atom is -0.370 e. The summed E-state index contributed by atoms with van der Waals surface area (Å²) < 4.78 is 25.3. The zero-order valence-corrected chi connectivity index (χ0v) is 24.3. The lowest BCUT2D eigenvalue weighted by atomic mass is 9.88. The number of nitrogens with two attached hydrogens (primary N) is 1. The molecule has 0 saturated heterocycles. The van der Waals surface area contributed by atoms with E-state index in [0.717, 1.165) is 11.8 Å². The summed E-state index contributed by atoms with van der Waals surface area (Å²) in [6.45, 7) is 0.837. The van der Waals surface area contributed by atoms with Gasteiger partial charge in [0.2, 0.25) is 15.9 Å². The van der Waals surface area contributed by atoms with Crippen molar-refractivity contribution in [2.24, 2.45) is 5.73 Å². The van der Waals surface area contributed by atoms with Gasteiger partial charge in [-0.05, 0) is 36.1 Å². The summed E-state index contributed by atoms with van der Waals surface area (Å²) >= 11 is 1.30. The Kier molecular flexibility index (Phi) is 10.1. The molecule has 11 heteroatoms. The fraction of sp³-hybridized carbons (Fsp3) is 0.233. The molecule has 0 fully saturated rings. The van der Waals surface area contributed by atoms with E-state index in [9.17, 15) is 18.0 Å². The number of anilines is 2. The number of carbonyl (C=O) groups is 2. The highest BCUT2D eigenvalue weighted by Crippen LogP contribution is 2.29. The second-order valence-corrected chi connectivity index (χ2v) is 12.2. The number of thiazole rings is 1. The largest absolute Gasteiger partial charge is 0.370 e. The van der Waals surface area contributed by atoms with Crippen LogP contribution in [-0.4, -0.2) is 49.6 Å². The fourth-order valence-electron chi connectivity index (χ4n) is 4.50. The zero-order chi connectivity index (χ0) is 29.2. The molecule has 0 bridgehead atoms. The number of sulfonamides is 1. The van der Waals surface area contributed by atoms with Crippen LogP contribution in [-0.2, 0) is 14.8 Å². The molecule has 1 heterocycles. The number of rotatable bonds is 13. The molecule has 3 aromatic carbocycles. The van der Waals surface area contributed by atoms with Crippen LogP contribution < -0.4 is 15.8 Å². The molecule has 4 N–H and O–H groups in total. The first-order valence-electron chi connectivity index (χ1n) is 13.2. The van der Waals surface area contributed by atoms with Crippen molar-refractivity contribution in [2.45, 2.75) is 25.2 Å². The summed E-state index contributed by atoms with van der Waals surface area (Å²) in [5, 5.41) is 5.16. The lowest BCUT2D eigenvalue weighted by molar-refractivity contribution is -0.118. The van der Waals surface area contributed by atoms with Crippen LogP contribution >= 0.6 is 11.3 Å². The number of primary amides is 1. The van der Waals surface area contributed by atoms with Gasteiger partial charge in [-0.25, -0.2) is 18.2 Å². The number of nitrogens with zero attached hydrogens (tertiary/aromatic N) is 2. The number of amides is 3. The van der Waals surface area contributed by atoms with Crippen LogP contribution in [0, 0.1) is 0 Å². The Balaban J connectivity index is 1.46. The van der Waals surface area contributed by atoms with Crippen LogP contribution in [0.3, 0.4) is 0 Å². The number of aromatic nitrogens is 1. The quantitative estimate of drug-likeness (QED) is 0.189. The molecule has 0 saturated carbocycles. The van der Waals surface area contributed by atoms with E-state index in [2.05, 4.69) is 39.3 Å². The van der Waals surface area contributed by atoms with Gasteiger partial charge in [0.25, 0.3) is 0 Å². The standard InChI is InChI=1S/C30H33N5O4S2/c1-41(38,39)34-25-16-14-24(15-17-25)27-21-40-29(32-27)33-30(37)35(19-8-13-28(31)36)20-18-26(22-9-4-2-5-10-22)23-11-6-3-7-12-23/h2-7,9-12,14-17,21,26,34H,8,13,18-20H2,1H3,(H2,31,36)(H,32,33,37). The molecular weight excluding hydrogens is 558 g/mol. The van der Waals surface area contributed by atoms with E-state index in [4.69, 9.17) is 5.73 Å². The van der Waals surface area contributed by atoms with E-state index < -0.39 is 15.9 Å². The Hall–Kier alpha value is -4.22. The molecule has 0 aliphatic carbocycles. The second-order valence-electron chi connectivity index (χ2n) is 9.64. The number of carbonyl (C=O) groups excluding carboxylic acids is 2. The van der Waals surface area contributed by atoms with Crippen molar-refractivity contribution in [1.29, 1.82) is 0 Å². The predicted molar refractivity (Wildman–Crippen MR) is 164 cm³/mol. The van der Waals surface area contributed by atoms with Crippen LogP contribution in [0.25, 0.3) is 11.3 Å². The van der Waals surface area contributed by atoms with Crippen molar-refractivity contribution in [3.8, 4) is 11.3 Å². The third-order valence-electron chi connectivity index (χ3n) is 6.43. The lowest BCUT2D eigenvalue weighted by Gasteiger charge is -2.26. The van der Waals surface area contributed by atoms with Gasteiger partial charge in [0, 0.05) is 42.1 Å². The van der Waals surface area contributed by atoms with Crippen molar-refractivity contribution in [1.82, 2.24) is 9.88 Å². The van der Waals surface area contributed by atoms with Gasteiger partial charge in [0.1, 0.15) is 0 Å². The van der Waals surface area contributed by atoms with E-state index in [1.165, 1.54) is 22.5 Å². The summed E-state index contributed by atoms with van der Waals surface area (Å²) in [7, 11) is -3.37. The van der Waals surface area contributed by atoms with Crippen LogP contribution in [0.15, 0.2) is 90.3 Å². The summed E-state index contributed by atoms with van der Waals surface area (Å²) in [5.41, 5.74) is 9.58. The number of hydrogen-bond acceptors (Lipinski definition) is 6. The first kappa shape index (κ1) is 29.8. The molecular formula is C30H33N5O4S2. The molecule has 0 radical (unpaired) electrons. The van der Waals surface area contributed by atoms with Gasteiger partial charge in [-0.2, -0.15) is 0 Å². The molecule has 1 aromatic heterocycles. The number of urea groups is 1. The molecule has 0 aliphatic heterocycles. The number of benzene rings is 3. The van der Waals surface area contributed by atoms with E-state index >= 15 is 0 Å². The normalized spacial score (nSPS) is 11.3. The molecule has 3 amide bonds. The lowest BCUT2D eigenvalue weighted by Crippen LogP contribution is -2.37. The Morgan fingerprint density at radius 2 is 1.54 bits per heavy atom. The highest BCUT2D eigenvalue weighted by Gasteiger charge is 2.20. The molecule has 41 heavy (non-hydrogen) atoms. The maximum absolute atomic E-state index is 13.4. The topological polar surface area (TPSA) is 134 Å². The molecule has 0 aliphatic rings. The van der Waals surface area contributed by atoms with Crippen LogP contribution in [0.4, 0.5) is 15.6 Å². The third kappa shape index (κ3) is 9.16. The van der Waals surface area contributed by atoms with Gasteiger partial charge >= 0.3 is 6.03 Å². The maximum Gasteiger partial charge on any atom is 0.323 e. The Morgan fingerprint density at radius 1 is 0.927 bits per heavy atom. The molecule has 4 aromatic rings. The first-order chi connectivity index (χ1) is 19.7. The molecule has 4 rings (SSSR count). The Labute approximate surface area is 244 Å². The monoisotopic (exact) mass is 591 g/mol. The van der Waals surface area contributed by atoms with Gasteiger partial charge in [-0.3, -0.25) is 14.8 Å². The van der Waals surface area contributed by atoms with Crippen LogP contribution in [0.5, 0.6) is 0 Å². The van der Waals surface area contributed by atoms with Gasteiger partial charge in [-0.1, -0.05) is 72.8 Å². The minimum absolute atomic E-state index is 0.0930. The van der Waals surface area contributed by atoms with E-state index in [-0.39, 0.29) is 18.4 Å².